The number of nitrogens with zero attached hydrogens (tertiary/aromatic N) is 1. The predicted molar refractivity (Wildman–Crippen MR) is 55.9 cm³/mol. The van der Waals surface area contributed by atoms with Crippen LogP contribution >= 0.6 is 0 Å². The Balaban J connectivity index is 2.00. The first-order chi connectivity index (χ1) is 7.31. The molecule has 0 N–H and O–H groups in total. The van der Waals surface area contributed by atoms with E-state index in [9.17, 15) is 4.79 Å². The van der Waals surface area contributed by atoms with Crippen molar-refractivity contribution in [3.8, 4) is 5.75 Å². The largest absolute Gasteiger partial charge is 0.468 e. The lowest BCUT2D eigenvalue weighted by atomic mass is 10.1. The molecule has 0 aromatic heterocycles. The average Bonchev–Trinajstić information content (AvgIpc) is 2.26. The van der Waals surface area contributed by atoms with Crippen LogP contribution in [0.15, 0.2) is 24.3 Å². The Morgan fingerprint density at radius 3 is 2.53 bits per heavy atom. The molecule has 1 aromatic rings. The second-order valence-corrected chi connectivity index (χ2v) is 3.34. The molecular formula is C11H13NO3. The van der Waals surface area contributed by atoms with Crippen LogP contribution in [0.3, 0.4) is 0 Å². The molecule has 4 nitrogen and oxygen atoms in total. The van der Waals surface area contributed by atoms with Crippen molar-refractivity contribution < 1.29 is 14.3 Å². The molecule has 4 heteroatoms. The highest BCUT2D eigenvalue weighted by Crippen LogP contribution is 2.24. The molecule has 1 aromatic carbocycles. The van der Waals surface area contributed by atoms with Gasteiger partial charge in [-0.1, -0.05) is 0 Å². The molecule has 1 aliphatic rings. The van der Waals surface area contributed by atoms with Crippen molar-refractivity contribution in [2.45, 2.75) is 6.42 Å². The summed E-state index contributed by atoms with van der Waals surface area (Å²) in [5, 5.41) is 0. The zero-order chi connectivity index (χ0) is 10.7. The molecule has 0 saturated carbocycles. The molecule has 2 rings (SSSR count). The molecular weight excluding hydrogens is 194 g/mol. The Kier molecular flexibility index (Phi) is 2.87. The minimum Gasteiger partial charge on any atom is -0.468 e. The van der Waals surface area contributed by atoms with Gasteiger partial charge in [-0.15, -0.1) is 0 Å². The SMILES string of the molecule is COCOc1ccc(N2CCC2=O)cc1. The van der Waals surface area contributed by atoms with Crippen LogP contribution in [0.1, 0.15) is 6.42 Å². The van der Waals surface area contributed by atoms with Crippen LogP contribution in [0, 0.1) is 0 Å². The quantitative estimate of drug-likeness (QED) is 0.553. The van der Waals surface area contributed by atoms with E-state index in [0.717, 1.165) is 18.0 Å². The predicted octanol–water partition coefficient (Wildman–Crippen LogP) is 1.41. The molecule has 1 aliphatic heterocycles. The maximum Gasteiger partial charge on any atom is 0.228 e. The van der Waals surface area contributed by atoms with E-state index in [2.05, 4.69) is 0 Å². The van der Waals surface area contributed by atoms with E-state index in [1.165, 1.54) is 0 Å². The van der Waals surface area contributed by atoms with Crippen LogP contribution < -0.4 is 9.64 Å². The van der Waals surface area contributed by atoms with Crippen LogP contribution in [-0.4, -0.2) is 26.4 Å². The lowest BCUT2D eigenvalue weighted by molar-refractivity contribution is -0.122. The Morgan fingerprint density at radius 1 is 1.33 bits per heavy atom. The van der Waals surface area contributed by atoms with Gasteiger partial charge < -0.3 is 14.4 Å². The monoisotopic (exact) mass is 207 g/mol. The molecule has 0 unspecified atom stereocenters. The van der Waals surface area contributed by atoms with Crippen molar-refractivity contribution >= 4 is 11.6 Å². The first-order valence-electron chi connectivity index (χ1n) is 4.83. The van der Waals surface area contributed by atoms with Crippen LogP contribution in [0.2, 0.25) is 0 Å². The van der Waals surface area contributed by atoms with Gasteiger partial charge in [0.15, 0.2) is 6.79 Å². The Hall–Kier alpha value is -1.55. The molecule has 1 saturated heterocycles. The maximum atomic E-state index is 11.2. The number of anilines is 1. The fourth-order valence-corrected chi connectivity index (χ4v) is 1.44. The van der Waals surface area contributed by atoms with E-state index in [-0.39, 0.29) is 12.7 Å². The van der Waals surface area contributed by atoms with Gasteiger partial charge in [-0.3, -0.25) is 4.79 Å². The van der Waals surface area contributed by atoms with E-state index < -0.39 is 0 Å². The minimum atomic E-state index is 0.181. The molecule has 15 heavy (non-hydrogen) atoms. The topological polar surface area (TPSA) is 38.8 Å². The number of carbonyl (C=O) groups is 1. The van der Waals surface area contributed by atoms with Crippen molar-refractivity contribution in [2.24, 2.45) is 0 Å². The highest BCUT2D eigenvalue weighted by Gasteiger charge is 2.24. The van der Waals surface area contributed by atoms with Crippen molar-refractivity contribution in [3.63, 3.8) is 0 Å². The van der Waals surface area contributed by atoms with Crippen LogP contribution in [0.4, 0.5) is 5.69 Å². The second-order valence-electron chi connectivity index (χ2n) is 3.34. The highest BCUT2D eigenvalue weighted by molar-refractivity contribution is 5.99. The van der Waals surface area contributed by atoms with Gasteiger partial charge in [-0.2, -0.15) is 0 Å². The van der Waals surface area contributed by atoms with Gasteiger partial charge in [0.25, 0.3) is 0 Å². The summed E-state index contributed by atoms with van der Waals surface area (Å²) < 4.78 is 10.0. The van der Waals surface area contributed by atoms with Gasteiger partial charge in [-0.05, 0) is 24.3 Å². The number of methoxy groups -OCH3 is 1. The van der Waals surface area contributed by atoms with E-state index >= 15 is 0 Å². The molecule has 0 atom stereocenters. The average molecular weight is 207 g/mol. The van der Waals surface area contributed by atoms with Crippen LogP contribution in [0.5, 0.6) is 5.75 Å². The van der Waals surface area contributed by atoms with E-state index in [1.54, 1.807) is 12.0 Å². The first-order valence-corrected chi connectivity index (χ1v) is 4.83. The molecule has 0 aliphatic carbocycles. The number of hydrogen-bond acceptors (Lipinski definition) is 3. The zero-order valence-electron chi connectivity index (χ0n) is 8.60. The van der Waals surface area contributed by atoms with Crippen molar-refractivity contribution in [2.75, 3.05) is 25.3 Å². The Bertz CT molecular complexity index is 347. The Morgan fingerprint density at radius 2 is 2.07 bits per heavy atom. The fraction of sp³-hybridized carbons (Fsp3) is 0.364. The summed E-state index contributed by atoms with van der Waals surface area (Å²) in [5.74, 6) is 0.925. The number of benzene rings is 1. The van der Waals surface area contributed by atoms with E-state index in [1.807, 2.05) is 24.3 Å². The summed E-state index contributed by atoms with van der Waals surface area (Å²) in [6.45, 7) is 1.05. The smallest absolute Gasteiger partial charge is 0.228 e. The van der Waals surface area contributed by atoms with Crippen molar-refractivity contribution in [3.05, 3.63) is 24.3 Å². The van der Waals surface area contributed by atoms with Crippen molar-refractivity contribution in [1.82, 2.24) is 0 Å². The molecule has 0 bridgehead atoms. The summed E-state index contributed by atoms with van der Waals surface area (Å²) in [7, 11) is 1.58. The van der Waals surface area contributed by atoms with Crippen LogP contribution in [0.25, 0.3) is 0 Å². The van der Waals surface area contributed by atoms with Gasteiger partial charge in [-0.25, -0.2) is 0 Å². The van der Waals surface area contributed by atoms with Gasteiger partial charge in [0, 0.05) is 25.8 Å². The molecule has 80 valence electrons. The van der Waals surface area contributed by atoms with Gasteiger partial charge in [0.05, 0.1) is 0 Å². The molecule has 1 fully saturated rings. The third kappa shape index (κ3) is 2.10. The number of rotatable bonds is 4. The molecule has 1 heterocycles. The highest BCUT2D eigenvalue weighted by atomic mass is 16.7. The minimum absolute atomic E-state index is 0.181. The second kappa shape index (κ2) is 4.31. The van der Waals surface area contributed by atoms with Crippen LogP contribution in [-0.2, 0) is 9.53 Å². The summed E-state index contributed by atoms with van der Waals surface area (Å²) in [4.78, 5) is 12.9. The maximum absolute atomic E-state index is 11.2. The van der Waals surface area contributed by atoms with Crippen molar-refractivity contribution in [1.29, 1.82) is 0 Å². The fourth-order valence-electron chi connectivity index (χ4n) is 1.44. The standard InChI is InChI=1S/C11H13NO3/c1-14-8-15-10-4-2-9(3-5-10)12-7-6-11(12)13/h2-5H,6-8H2,1H3. The number of carbonyl (C=O) groups excluding carboxylic acids is 1. The summed E-state index contributed by atoms with van der Waals surface area (Å²) >= 11 is 0. The number of hydrogen-bond donors (Lipinski definition) is 0. The number of ether oxygens (including phenoxy) is 2. The van der Waals surface area contributed by atoms with E-state index in [0.29, 0.717) is 6.42 Å². The Labute approximate surface area is 88.4 Å². The molecule has 0 spiro atoms. The first kappa shape index (κ1) is 9.98. The summed E-state index contributed by atoms with van der Waals surface area (Å²) in [6.07, 6.45) is 0.655. The molecule has 1 amide bonds. The summed E-state index contributed by atoms with van der Waals surface area (Å²) in [5.41, 5.74) is 0.927. The third-order valence-corrected chi connectivity index (χ3v) is 2.34. The van der Waals surface area contributed by atoms with E-state index in [4.69, 9.17) is 9.47 Å². The third-order valence-electron chi connectivity index (χ3n) is 2.34. The normalized spacial score (nSPS) is 15.0. The number of amides is 1. The zero-order valence-corrected chi connectivity index (χ0v) is 8.60. The molecule has 0 radical (unpaired) electrons. The number of β-lactam (4-membered cyclic amide) rings is 1. The van der Waals surface area contributed by atoms with Gasteiger partial charge >= 0.3 is 0 Å². The van der Waals surface area contributed by atoms with Gasteiger partial charge in [0.1, 0.15) is 5.75 Å². The van der Waals surface area contributed by atoms with Gasteiger partial charge in [0.2, 0.25) is 5.91 Å². The lowest BCUT2D eigenvalue weighted by Crippen LogP contribution is -2.43. The lowest BCUT2D eigenvalue weighted by Gasteiger charge is -2.30. The summed E-state index contributed by atoms with van der Waals surface area (Å²) in [6, 6.07) is 7.42.